The van der Waals surface area contributed by atoms with E-state index in [0.29, 0.717) is 0 Å². The van der Waals surface area contributed by atoms with Crippen molar-refractivity contribution in [2.45, 2.75) is 6.04 Å². The minimum atomic E-state index is -0.138. The van der Waals surface area contributed by atoms with Gasteiger partial charge >= 0.3 is 0 Å². The molecule has 2 N–H and O–H groups in total. The van der Waals surface area contributed by atoms with Crippen molar-refractivity contribution in [3.8, 4) is 0 Å². The summed E-state index contributed by atoms with van der Waals surface area (Å²) in [6.07, 6.45) is 3.39. The number of aromatic nitrogens is 1. The second kappa shape index (κ2) is 3.13. The molecule has 1 unspecified atom stereocenters. The van der Waals surface area contributed by atoms with Gasteiger partial charge in [-0.25, -0.2) is 0 Å². The summed E-state index contributed by atoms with van der Waals surface area (Å²) in [4.78, 5) is 4.05. The van der Waals surface area contributed by atoms with E-state index in [1.165, 1.54) is 0 Å². The molecule has 10 heavy (non-hydrogen) atoms. The summed E-state index contributed by atoms with van der Waals surface area (Å²) in [7, 11) is 0. The van der Waals surface area contributed by atoms with Crippen LogP contribution in [-0.2, 0) is 0 Å². The van der Waals surface area contributed by atoms with Gasteiger partial charge in [0.2, 0.25) is 0 Å². The molecule has 0 fully saturated rings. The molecule has 0 amide bonds. The third-order valence-electron chi connectivity index (χ3n) is 1.28. The molecule has 0 saturated carbocycles. The van der Waals surface area contributed by atoms with Crippen LogP contribution in [0.4, 0.5) is 0 Å². The highest BCUT2D eigenvalue weighted by molar-refractivity contribution is 5.12. The first-order valence-corrected chi connectivity index (χ1v) is 3.13. The van der Waals surface area contributed by atoms with Gasteiger partial charge in [0.05, 0.1) is 11.7 Å². The van der Waals surface area contributed by atoms with Crippen molar-refractivity contribution in [3.05, 3.63) is 42.7 Å². The van der Waals surface area contributed by atoms with Gasteiger partial charge in [0, 0.05) is 6.20 Å². The zero-order valence-corrected chi connectivity index (χ0v) is 5.70. The fourth-order valence-corrected chi connectivity index (χ4v) is 0.694. The number of nitrogens with two attached hydrogens (primary N) is 1. The van der Waals surface area contributed by atoms with Gasteiger partial charge in [-0.3, -0.25) is 4.98 Å². The van der Waals surface area contributed by atoms with Crippen LogP contribution in [0.3, 0.4) is 0 Å². The smallest absolute Gasteiger partial charge is 0.0653 e. The van der Waals surface area contributed by atoms with Crippen LogP contribution in [0, 0.1) is 0 Å². The van der Waals surface area contributed by atoms with E-state index < -0.39 is 0 Å². The second-order valence-corrected chi connectivity index (χ2v) is 2.02. The van der Waals surface area contributed by atoms with Crippen molar-refractivity contribution < 1.29 is 0 Å². The Bertz CT molecular complexity index is 206. The van der Waals surface area contributed by atoms with Crippen LogP contribution in [0.5, 0.6) is 0 Å². The molecule has 0 radical (unpaired) electrons. The molecule has 1 atom stereocenters. The first-order chi connectivity index (χ1) is 4.84. The highest BCUT2D eigenvalue weighted by Crippen LogP contribution is 2.04. The molecular formula is C8H10N2. The van der Waals surface area contributed by atoms with Crippen LogP contribution >= 0.6 is 0 Å². The van der Waals surface area contributed by atoms with Gasteiger partial charge in [-0.2, -0.15) is 0 Å². The van der Waals surface area contributed by atoms with E-state index in [9.17, 15) is 0 Å². The molecule has 1 heterocycles. The molecule has 1 aromatic rings. The van der Waals surface area contributed by atoms with Crippen molar-refractivity contribution in [1.82, 2.24) is 4.98 Å². The Morgan fingerprint density at radius 3 is 2.90 bits per heavy atom. The Hall–Kier alpha value is -1.15. The van der Waals surface area contributed by atoms with Gasteiger partial charge in [-0.1, -0.05) is 12.1 Å². The van der Waals surface area contributed by atoms with Gasteiger partial charge in [-0.15, -0.1) is 6.58 Å². The molecular weight excluding hydrogens is 124 g/mol. The average Bonchev–Trinajstić information content (AvgIpc) is 2.05. The highest BCUT2D eigenvalue weighted by atomic mass is 14.7. The van der Waals surface area contributed by atoms with E-state index in [1.54, 1.807) is 12.3 Å². The van der Waals surface area contributed by atoms with E-state index in [4.69, 9.17) is 5.73 Å². The Balaban J connectivity index is 2.84. The first kappa shape index (κ1) is 6.96. The predicted octanol–water partition coefficient (Wildman–Crippen LogP) is 1.27. The maximum Gasteiger partial charge on any atom is 0.0653 e. The lowest BCUT2D eigenvalue weighted by Gasteiger charge is -2.02. The average molecular weight is 134 g/mol. The van der Waals surface area contributed by atoms with E-state index in [-0.39, 0.29) is 6.04 Å². The predicted molar refractivity (Wildman–Crippen MR) is 41.4 cm³/mol. The Morgan fingerprint density at radius 2 is 2.40 bits per heavy atom. The molecule has 0 saturated heterocycles. The maximum atomic E-state index is 5.61. The fraction of sp³-hybridized carbons (Fsp3) is 0.125. The SMILES string of the molecule is C=CC(N)c1ccccn1. The Kier molecular flexibility index (Phi) is 2.18. The van der Waals surface area contributed by atoms with Crippen molar-refractivity contribution in [3.63, 3.8) is 0 Å². The minimum Gasteiger partial charge on any atom is -0.319 e. The fourth-order valence-electron chi connectivity index (χ4n) is 0.694. The van der Waals surface area contributed by atoms with Crippen molar-refractivity contribution >= 4 is 0 Å². The Morgan fingerprint density at radius 1 is 1.60 bits per heavy atom. The minimum absolute atomic E-state index is 0.138. The quantitative estimate of drug-likeness (QED) is 0.618. The molecule has 0 aliphatic carbocycles. The summed E-state index contributed by atoms with van der Waals surface area (Å²) >= 11 is 0. The molecule has 2 heteroatoms. The van der Waals surface area contributed by atoms with Gasteiger partial charge in [0.25, 0.3) is 0 Å². The lowest BCUT2D eigenvalue weighted by atomic mass is 10.2. The monoisotopic (exact) mass is 134 g/mol. The molecule has 1 rings (SSSR count). The van der Waals surface area contributed by atoms with Crippen LogP contribution in [0.15, 0.2) is 37.1 Å². The lowest BCUT2D eigenvalue weighted by molar-refractivity contribution is 0.864. The van der Waals surface area contributed by atoms with E-state index in [1.807, 2.05) is 18.2 Å². The van der Waals surface area contributed by atoms with Crippen LogP contribution in [0.2, 0.25) is 0 Å². The number of hydrogen-bond acceptors (Lipinski definition) is 2. The van der Waals surface area contributed by atoms with Crippen LogP contribution in [0.1, 0.15) is 11.7 Å². The first-order valence-electron chi connectivity index (χ1n) is 3.13. The van der Waals surface area contributed by atoms with Gasteiger partial charge in [0.15, 0.2) is 0 Å². The van der Waals surface area contributed by atoms with E-state index in [2.05, 4.69) is 11.6 Å². The summed E-state index contributed by atoms with van der Waals surface area (Å²) in [6, 6.07) is 5.51. The maximum absolute atomic E-state index is 5.61. The van der Waals surface area contributed by atoms with Crippen molar-refractivity contribution in [1.29, 1.82) is 0 Å². The third-order valence-corrected chi connectivity index (χ3v) is 1.28. The topological polar surface area (TPSA) is 38.9 Å². The van der Waals surface area contributed by atoms with Crippen LogP contribution in [-0.4, -0.2) is 4.98 Å². The molecule has 1 aromatic heterocycles. The summed E-state index contributed by atoms with van der Waals surface area (Å²) < 4.78 is 0. The summed E-state index contributed by atoms with van der Waals surface area (Å²) in [6.45, 7) is 3.57. The normalized spacial score (nSPS) is 12.5. The highest BCUT2D eigenvalue weighted by Gasteiger charge is 1.98. The van der Waals surface area contributed by atoms with Gasteiger partial charge in [-0.05, 0) is 12.1 Å². The number of rotatable bonds is 2. The molecule has 0 spiro atoms. The number of hydrogen-bond donors (Lipinski definition) is 1. The van der Waals surface area contributed by atoms with Crippen molar-refractivity contribution in [2.75, 3.05) is 0 Å². The van der Waals surface area contributed by atoms with Crippen LogP contribution in [0.25, 0.3) is 0 Å². The molecule has 0 aromatic carbocycles. The second-order valence-electron chi connectivity index (χ2n) is 2.02. The number of nitrogens with zero attached hydrogens (tertiary/aromatic N) is 1. The lowest BCUT2D eigenvalue weighted by Crippen LogP contribution is -2.07. The number of pyridine rings is 1. The standard InChI is InChI=1S/C8H10N2/c1-2-7(9)8-5-3-4-6-10-8/h2-7H,1,9H2. The zero-order valence-electron chi connectivity index (χ0n) is 5.70. The Labute approximate surface area is 60.4 Å². The summed E-state index contributed by atoms with van der Waals surface area (Å²) in [5, 5.41) is 0. The zero-order chi connectivity index (χ0) is 7.40. The molecule has 0 aliphatic rings. The summed E-state index contributed by atoms with van der Waals surface area (Å²) in [5.41, 5.74) is 6.47. The molecule has 2 nitrogen and oxygen atoms in total. The molecule has 52 valence electrons. The van der Waals surface area contributed by atoms with E-state index >= 15 is 0 Å². The summed E-state index contributed by atoms with van der Waals surface area (Å²) in [5.74, 6) is 0. The van der Waals surface area contributed by atoms with Gasteiger partial charge < -0.3 is 5.73 Å². The van der Waals surface area contributed by atoms with Crippen LogP contribution < -0.4 is 5.73 Å². The van der Waals surface area contributed by atoms with E-state index in [0.717, 1.165) is 5.69 Å². The largest absolute Gasteiger partial charge is 0.319 e. The van der Waals surface area contributed by atoms with Gasteiger partial charge in [0.1, 0.15) is 0 Å². The third kappa shape index (κ3) is 1.42. The molecule has 0 bridgehead atoms. The molecule has 0 aliphatic heterocycles. The van der Waals surface area contributed by atoms with Crippen molar-refractivity contribution in [2.24, 2.45) is 5.73 Å².